The largest absolute Gasteiger partial charge is 0.497 e. The van der Waals surface area contributed by atoms with Gasteiger partial charge in [-0.3, -0.25) is 19.3 Å². The molecule has 1 heterocycles. The van der Waals surface area contributed by atoms with Crippen LogP contribution in [-0.4, -0.2) is 42.8 Å². The molecule has 3 amide bonds. The maximum absolute atomic E-state index is 13.5. The summed E-state index contributed by atoms with van der Waals surface area (Å²) in [5, 5.41) is 1.97. The summed E-state index contributed by atoms with van der Waals surface area (Å²) < 4.78 is 6.06. The fourth-order valence-corrected chi connectivity index (χ4v) is 4.96. The number of rotatable bonds is 6. The summed E-state index contributed by atoms with van der Waals surface area (Å²) in [7, 11) is 1.57. The molecule has 0 radical (unpaired) electrons. The molecule has 0 aliphatic carbocycles. The van der Waals surface area contributed by atoms with Crippen LogP contribution >= 0.6 is 27.5 Å². The number of hydrogen-bond acceptors (Lipinski definition) is 4. The van der Waals surface area contributed by atoms with Gasteiger partial charge in [-0.05, 0) is 72.1 Å². The second-order valence-corrected chi connectivity index (χ2v) is 9.54. The molecule has 0 unspecified atom stereocenters. The molecule has 1 aliphatic heterocycles. The highest BCUT2D eigenvalue weighted by atomic mass is 79.9. The Labute approximate surface area is 221 Å². The van der Waals surface area contributed by atoms with Crippen molar-refractivity contribution in [3.8, 4) is 5.75 Å². The van der Waals surface area contributed by atoms with Crippen molar-refractivity contribution in [2.75, 3.05) is 25.1 Å². The van der Waals surface area contributed by atoms with Crippen molar-refractivity contribution in [3.05, 3.63) is 105 Å². The second kappa shape index (κ2) is 9.76. The molecule has 4 aromatic carbocycles. The maximum Gasteiger partial charge on any atom is 0.261 e. The lowest BCUT2D eigenvalue weighted by molar-refractivity contribution is 0.0611. The van der Waals surface area contributed by atoms with Gasteiger partial charge in [0.05, 0.1) is 7.11 Å². The smallest absolute Gasteiger partial charge is 0.261 e. The van der Waals surface area contributed by atoms with Crippen LogP contribution in [0.15, 0.2) is 83.3 Å². The van der Waals surface area contributed by atoms with Gasteiger partial charge in [-0.1, -0.05) is 39.7 Å². The molecular weight excluding hydrogens is 544 g/mol. The quantitative estimate of drug-likeness (QED) is 0.262. The zero-order chi connectivity index (χ0) is 25.4. The van der Waals surface area contributed by atoms with Crippen LogP contribution < -0.4 is 9.64 Å². The number of amides is 3. The lowest BCUT2D eigenvalue weighted by Gasteiger charge is -2.30. The first-order valence-electron chi connectivity index (χ1n) is 11.2. The topological polar surface area (TPSA) is 66.9 Å². The second-order valence-electron chi connectivity index (χ2n) is 8.25. The van der Waals surface area contributed by atoms with E-state index < -0.39 is 0 Å². The van der Waals surface area contributed by atoms with E-state index in [1.807, 2.05) is 6.07 Å². The molecule has 0 N–H and O–H groups in total. The minimum atomic E-state index is -0.384. The number of carbonyl (C=O) groups is 3. The van der Waals surface area contributed by atoms with Crippen molar-refractivity contribution in [1.82, 2.24) is 4.90 Å². The summed E-state index contributed by atoms with van der Waals surface area (Å²) in [6, 6.07) is 22.5. The normalized spacial score (nSPS) is 12.7. The number of anilines is 1. The van der Waals surface area contributed by atoms with E-state index in [-0.39, 0.29) is 30.8 Å². The monoisotopic (exact) mass is 562 g/mol. The number of carbonyl (C=O) groups excluding carboxylic acids is 3. The fraction of sp³-hybridized carbons (Fsp3) is 0.107. The standard InChI is InChI=1S/C28H20BrClN2O4/c1-36-20-11-9-19(10-12-20)31(26(33)17-5-7-18(30)8-6-17)15-16-32-27(34)22-4-2-3-21-24(29)14-13-23(25(21)22)28(32)35/h2-14H,15-16H2,1H3. The molecular formula is C28H20BrClN2O4. The van der Waals surface area contributed by atoms with Gasteiger partial charge in [-0.15, -0.1) is 0 Å². The molecule has 0 saturated heterocycles. The van der Waals surface area contributed by atoms with Crippen LogP contribution in [0.4, 0.5) is 5.69 Å². The number of nitrogens with zero attached hydrogens (tertiary/aromatic N) is 2. The third-order valence-corrected chi connectivity index (χ3v) is 7.15. The van der Waals surface area contributed by atoms with Crippen LogP contribution in [0.1, 0.15) is 31.1 Å². The van der Waals surface area contributed by atoms with E-state index in [9.17, 15) is 14.4 Å². The van der Waals surface area contributed by atoms with Crippen LogP contribution in [0.3, 0.4) is 0 Å². The SMILES string of the molecule is COc1ccc(N(CCN2C(=O)c3cccc4c(Br)ccc(c34)C2=O)C(=O)c2ccc(Cl)cc2)cc1. The highest BCUT2D eigenvalue weighted by Crippen LogP contribution is 2.34. The van der Waals surface area contributed by atoms with Crippen LogP contribution in [0, 0.1) is 0 Å². The first kappa shape index (κ1) is 24.0. The summed E-state index contributed by atoms with van der Waals surface area (Å²) in [6.45, 7) is 0.127. The molecule has 0 atom stereocenters. The number of hydrogen-bond donors (Lipinski definition) is 0. The minimum absolute atomic E-state index is 0.0227. The van der Waals surface area contributed by atoms with Gasteiger partial charge in [-0.2, -0.15) is 0 Å². The van der Waals surface area contributed by atoms with Gasteiger partial charge in [0.1, 0.15) is 5.75 Å². The molecule has 36 heavy (non-hydrogen) atoms. The Hall–Kier alpha value is -3.68. The Morgan fingerprint density at radius 3 is 2.25 bits per heavy atom. The lowest BCUT2D eigenvalue weighted by Crippen LogP contribution is -2.46. The van der Waals surface area contributed by atoms with Crippen molar-refractivity contribution in [3.63, 3.8) is 0 Å². The number of ether oxygens (including phenoxy) is 1. The van der Waals surface area contributed by atoms with E-state index in [0.717, 1.165) is 9.86 Å². The Bertz CT molecular complexity index is 1480. The Kier molecular flexibility index (Phi) is 6.51. The Morgan fingerprint density at radius 1 is 0.917 bits per heavy atom. The fourth-order valence-electron chi connectivity index (χ4n) is 4.37. The first-order valence-corrected chi connectivity index (χ1v) is 12.3. The Balaban J connectivity index is 1.47. The van der Waals surface area contributed by atoms with Gasteiger partial charge < -0.3 is 9.64 Å². The van der Waals surface area contributed by atoms with Crippen molar-refractivity contribution in [2.45, 2.75) is 0 Å². The Morgan fingerprint density at radius 2 is 1.58 bits per heavy atom. The van der Waals surface area contributed by atoms with E-state index in [2.05, 4.69) is 15.9 Å². The molecule has 4 aromatic rings. The van der Waals surface area contributed by atoms with E-state index in [1.54, 1.807) is 84.8 Å². The third-order valence-electron chi connectivity index (χ3n) is 6.21. The van der Waals surface area contributed by atoms with Gasteiger partial charge in [0, 0.05) is 50.3 Å². The van der Waals surface area contributed by atoms with Crippen LogP contribution in [0.25, 0.3) is 10.8 Å². The first-order chi connectivity index (χ1) is 17.4. The van der Waals surface area contributed by atoms with Crippen molar-refractivity contribution < 1.29 is 19.1 Å². The predicted octanol–water partition coefficient (Wildman–Crippen LogP) is 6.21. The molecule has 0 spiro atoms. The summed E-state index contributed by atoms with van der Waals surface area (Å²) in [5.74, 6) is -0.398. The zero-order valence-electron chi connectivity index (χ0n) is 19.2. The number of imide groups is 1. The number of methoxy groups -OCH3 is 1. The van der Waals surface area contributed by atoms with E-state index >= 15 is 0 Å². The van der Waals surface area contributed by atoms with Crippen LogP contribution in [0.2, 0.25) is 5.02 Å². The molecule has 180 valence electrons. The van der Waals surface area contributed by atoms with E-state index in [1.165, 1.54) is 4.90 Å². The highest BCUT2D eigenvalue weighted by molar-refractivity contribution is 9.10. The minimum Gasteiger partial charge on any atom is -0.497 e. The zero-order valence-corrected chi connectivity index (χ0v) is 21.5. The van der Waals surface area contributed by atoms with Gasteiger partial charge >= 0.3 is 0 Å². The molecule has 8 heteroatoms. The van der Waals surface area contributed by atoms with E-state index in [0.29, 0.717) is 38.5 Å². The van der Waals surface area contributed by atoms with Crippen LogP contribution in [0.5, 0.6) is 5.75 Å². The van der Waals surface area contributed by atoms with Gasteiger partial charge in [0.2, 0.25) is 0 Å². The molecule has 6 nitrogen and oxygen atoms in total. The molecule has 1 aliphatic rings. The summed E-state index contributed by atoms with van der Waals surface area (Å²) in [5.41, 5.74) is 1.97. The van der Waals surface area contributed by atoms with Gasteiger partial charge in [-0.25, -0.2) is 0 Å². The average molecular weight is 564 g/mol. The summed E-state index contributed by atoms with van der Waals surface area (Å²) in [6.07, 6.45) is 0. The molecule has 0 fully saturated rings. The van der Waals surface area contributed by atoms with Crippen molar-refractivity contribution >= 4 is 61.7 Å². The highest BCUT2D eigenvalue weighted by Gasteiger charge is 2.33. The van der Waals surface area contributed by atoms with Crippen molar-refractivity contribution in [2.24, 2.45) is 0 Å². The summed E-state index contributed by atoms with van der Waals surface area (Å²) in [4.78, 5) is 43.0. The van der Waals surface area contributed by atoms with Gasteiger partial charge in [0.25, 0.3) is 17.7 Å². The maximum atomic E-state index is 13.5. The lowest BCUT2D eigenvalue weighted by atomic mass is 9.94. The average Bonchev–Trinajstić information content (AvgIpc) is 2.90. The molecule has 0 aromatic heterocycles. The molecule has 0 saturated carbocycles. The van der Waals surface area contributed by atoms with Gasteiger partial charge in [0.15, 0.2) is 0 Å². The number of halogens is 2. The molecule has 5 rings (SSSR count). The van der Waals surface area contributed by atoms with E-state index in [4.69, 9.17) is 16.3 Å². The summed E-state index contributed by atoms with van der Waals surface area (Å²) >= 11 is 9.51. The molecule has 0 bridgehead atoms. The number of benzene rings is 4. The van der Waals surface area contributed by atoms with Crippen LogP contribution in [-0.2, 0) is 0 Å². The van der Waals surface area contributed by atoms with Crippen molar-refractivity contribution in [1.29, 1.82) is 0 Å². The predicted molar refractivity (Wildman–Crippen MR) is 143 cm³/mol. The third kappa shape index (κ3) is 4.25.